The predicted molar refractivity (Wildman–Crippen MR) is 207 cm³/mol. The Hall–Kier alpha value is -5.54. The van der Waals surface area contributed by atoms with E-state index in [4.69, 9.17) is 18.9 Å². The monoisotopic (exact) mass is 809 g/mol. The topological polar surface area (TPSA) is 212 Å². The molecule has 4 N–H and O–H groups in total. The minimum absolute atomic E-state index is 0.0673. The van der Waals surface area contributed by atoms with Gasteiger partial charge >= 0.3 is 17.9 Å². The van der Waals surface area contributed by atoms with Crippen LogP contribution in [0.15, 0.2) is 102 Å². The Morgan fingerprint density at radius 2 is 1.44 bits per heavy atom. The molecule has 59 heavy (non-hydrogen) atoms. The van der Waals surface area contributed by atoms with E-state index in [9.17, 15) is 44.1 Å². The number of nitrogens with one attached hydrogen (secondary N) is 1. The van der Waals surface area contributed by atoms with E-state index in [0.29, 0.717) is 5.56 Å². The van der Waals surface area contributed by atoms with Crippen molar-refractivity contribution < 1.29 is 63.0 Å². The van der Waals surface area contributed by atoms with Crippen molar-refractivity contribution in [2.45, 2.75) is 95.2 Å². The van der Waals surface area contributed by atoms with Crippen LogP contribution in [0.5, 0.6) is 0 Å². The number of Topliss-reactive ketones (excluding diaryl/α,β-unsaturated/α-hetero) is 2. The summed E-state index contributed by atoms with van der Waals surface area (Å²) in [6.07, 6.45) is -8.76. The van der Waals surface area contributed by atoms with Gasteiger partial charge in [0, 0.05) is 36.3 Å². The molecule has 3 aliphatic carbocycles. The van der Waals surface area contributed by atoms with Gasteiger partial charge in [0.2, 0.25) is 11.6 Å². The molecule has 14 heteroatoms. The third-order valence-electron chi connectivity index (χ3n) is 13.0. The maximum atomic E-state index is 14.9. The van der Waals surface area contributed by atoms with Crippen molar-refractivity contribution in [3.05, 3.63) is 119 Å². The minimum Gasteiger partial charge on any atom is -0.456 e. The largest absolute Gasteiger partial charge is 0.456 e. The molecule has 14 nitrogen and oxygen atoms in total. The molecule has 2 bridgehead atoms. The fraction of sp³-hybridized carbons (Fsp3) is 0.422. The third kappa shape index (κ3) is 6.68. The van der Waals surface area contributed by atoms with Gasteiger partial charge < -0.3 is 39.6 Å². The van der Waals surface area contributed by atoms with Gasteiger partial charge in [0.05, 0.1) is 35.6 Å². The number of amides is 1. The molecular formula is C45H47NO13. The number of carbonyl (C=O) groups excluding carboxylic acids is 6. The van der Waals surface area contributed by atoms with Crippen LogP contribution in [0.4, 0.5) is 0 Å². The number of aliphatic hydroxyl groups is 3. The molecule has 4 aliphatic rings. The highest BCUT2D eigenvalue weighted by Crippen LogP contribution is 2.63. The number of aliphatic hydroxyl groups excluding tert-OH is 2. The van der Waals surface area contributed by atoms with E-state index in [2.05, 4.69) is 5.32 Å². The Bertz CT molecular complexity index is 2210. The van der Waals surface area contributed by atoms with Crippen LogP contribution in [0.3, 0.4) is 0 Å². The summed E-state index contributed by atoms with van der Waals surface area (Å²) in [4.78, 5) is 84.1. The van der Waals surface area contributed by atoms with Crippen LogP contribution >= 0.6 is 0 Å². The van der Waals surface area contributed by atoms with Crippen molar-refractivity contribution >= 4 is 35.4 Å². The van der Waals surface area contributed by atoms with Gasteiger partial charge in [-0.2, -0.15) is 0 Å². The van der Waals surface area contributed by atoms with Gasteiger partial charge in [-0.3, -0.25) is 19.2 Å². The van der Waals surface area contributed by atoms with Crippen LogP contribution in [0.1, 0.15) is 79.8 Å². The number of carbonyl (C=O) groups is 6. The predicted octanol–water partition coefficient (Wildman–Crippen LogP) is 3.37. The number of ether oxygens (including phenoxy) is 4. The quantitative estimate of drug-likeness (QED) is 0.139. The van der Waals surface area contributed by atoms with E-state index in [0.717, 1.165) is 6.92 Å². The van der Waals surface area contributed by atoms with E-state index in [1.54, 1.807) is 78.9 Å². The molecule has 3 aromatic carbocycles. The van der Waals surface area contributed by atoms with Gasteiger partial charge in [-0.05, 0) is 49.2 Å². The Morgan fingerprint density at radius 1 is 0.864 bits per heavy atom. The van der Waals surface area contributed by atoms with Crippen LogP contribution < -0.4 is 5.32 Å². The van der Waals surface area contributed by atoms with Gasteiger partial charge in [0.15, 0.2) is 11.7 Å². The Balaban J connectivity index is 1.35. The number of fused-ring (bicyclic) bond motifs is 5. The third-order valence-corrected chi connectivity index (χ3v) is 13.0. The molecular weight excluding hydrogens is 762 g/mol. The van der Waals surface area contributed by atoms with Crippen molar-refractivity contribution in [2.24, 2.45) is 16.7 Å². The first-order chi connectivity index (χ1) is 27.9. The maximum Gasteiger partial charge on any atom is 0.338 e. The zero-order valence-corrected chi connectivity index (χ0v) is 33.2. The number of ketones is 2. The number of benzene rings is 3. The number of hydrogen-bond acceptors (Lipinski definition) is 13. The molecule has 0 spiro atoms. The summed E-state index contributed by atoms with van der Waals surface area (Å²) < 4.78 is 24.1. The minimum atomic E-state index is -2.41. The van der Waals surface area contributed by atoms with Crippen molar-refractivity contribution in [1.82, 2.24) is 5.32 Å². The molecule has 1 amide bonds. The molecule has 1 heterocycles. The molecule has 7 rings (SSSR count). The lowest BCUT2D eigenvalue weighted by molar-refractivity contribution is -0.343. The fourth-order valence-electron chi connectivity index (χ4n) is 9.72. The standard InChI is InChI=1S/C45H47NO13/c1-24-29(57-41(54)35(50)33(26-15-9-6-10-16-26)46-39(52)27-17-11-7-12-18-27)22-45(55)38(58-40(53)28-19-13-8-14-20-28)36-43(5,37(51)34(49)32(24)42(45,3)4)30(48)21-31-44(36,23-56-31)59-25(2)47/h6-20,29-31,33,35-36,38,48,50,55H,21-23H2,1-5H3,(H,46,52)/t29-,30+,31+,33-,35+,36-,38-,43+,44-,45+/m0/s1. The number of esters is 3. The summed E-state index contributed by atoms with van der Waals surface area (Å²) in [5.41, 5.74) is -7.50. The molecule has 310 valence electrons. The molecule has 3 fully saturated rings. The highest BCUT2D eigenvalue weighted by atomic mass is 16.6. The summed E-state index contributed by atoms with van der Waals surface area (Å²) in [6, 6.07) is 22.9. The van der Waals surface area contributed by atoms with E-state index in [-0.39, 0.29) is 35.3 Å². The molecule has 1 saturated heterocycles. The maximum absolute atomic E-state index is 14.9. The van der Waals surface area contributed by atoms with Crippen molar-refractivity contribution in [3.63, 3.8) is 0 Å². The van der Waals surface area contributed by atoms with E-state index in [1.165, 1.54) is 39.8 Å². The lowest BCUT2D eigenvalue weighted by Gasteiger charge is -2.66. The van der Waals surface area contributed by atoms with Gasteiger partial charge in [-0.25, -0.2) is 9.59 Å². The highest BCUT2D eigenvalue weighted by molar-refractivity contribution is 6.46. The zero-order valence-electron chi connectivity index (χ0n) is 33.2. The van der Waals surface area contributed by atoms with Crippen molar-refractivity contribution in [3.8, 4) is 0 Å². The van der Waals surface area contributed by atoms with Crippen LogP contribution in [0, 0.1) is 16.7 Å². The van der Waals surface area contributed by atoms with Gasteiger partial charge in [-0.15, -0.1) is 0 Å². The highest BCUT2D eigenvalue weighted by Gasteiger charge is 2.78. The fourth-order valence-corrected chi connectivity index (χ4v) is 9.72. The smallest absolute Gasteiger partial charge is 0.338 e. The van der Waals surface area contributed by atoms with Crippen LogP contribution in [0.25, 0.3) is 0 Å². The summed E-state index contributed by atoms with van der Waals surface area (Å²) in [7, 11) is 0. The molecule has 3 aromatic rings. The number of hydrogen-bond donors (Lipinski definition) is 4. The lowest BCUT2D eigenvalue weighted by Crippen LogP contribution is -2.81. The Kier molecular flexibility index (Phi) is 10.8. The lowest BCUT2D eigenvalue weighted by atomic mass is 9.45. The van der Waals surface area contributed by atoms with Gasteiger partial charge in [0.25, 0.3) is 5.91 Å². The second kappa shape index (κ2) is 15.2. The Morgan fingerprint density at radius 3 is 2.00 bits per heavy atom. The van der Waals surface area contributed by atoms with E-state index in [1.807, 2.05) is 0 Å². The van der Waals surface area contributed by atoms with Crippen molar-refractivity contribution in [2.75, 3.05) is 6.61 Å². The zero-order chi connectivity index (χ0) is 42.7. The first-order valence-corrected chi connectivity index (χ1v) is 19.5. The normalized spacial score (nSPS) is 31.8. The van der Waals surface area contributed by atoms with Crippen LogP contribution in [-0.4, -0.2) is 99.0 Å². The average molecular weight is 810 g/mol. The summed E-state index contributed by atoms with van der Waals surface area (Å²) in [6.45, 7) is 6.60. The SMILES string of the molecule is CC(=O)O[C@@]12CO[C@@H]1C[C@@H](O)[C@@]1(C)C(=O)C(=O)C3=C(C)[C@@H](OC(=O)[C@H](O)[C@@H](NC(=O)c4ccccc4)c4ccccc4)C[C@@](O)([C@@H](OC(=O)c4ccccc4)[C@H]21)C3(C)C. The summed E-state index contributed by atoms with van der Waals surface area (Å²) in [5.74, 6) is -7.33. The van der Waals surface area contributed by atoms with Crippen LogP contribution in [-0.2, 0) is 38.1 Å². The second-order valence-electron chi connectivity index (χ2n) is 16.6. The Labute approximate surface area is 340 Å². The molecule has 1 aliphatic heterocycles. The van der Waals surface area contributed by atoms with Gasteiger partial charge in [-0.1, -0.05) is 80.6 Å². The molecule has 0 unspecified atom stereocenters. The summed E-state index contributed by atoms with van der Waals surface area (Å²) in [5, 5.41) is 39.6. The molecule has 2 saturated carbocycles. The first kappa shape index (κ1) is 41.6. The van der Waals surface area contributed by atoms with Crippen LogP contribution in [0.2, 0.25) is 0 Å². The number of rotatable bonds is 9. The van der Waals surface area contributed by atoms with E-state index >= 15 is 0 Å². The molecule has 10 atom stereocenters. The van der Waals surface area contributed by atoms with Gasteiger partial charge in [0.1, 0.15) is 23.9 Å². The van der Waals surface area contributed by atoms with E-state index < -0.39 is 106 Å². The molecule has 0 radical (unpaired) electrons. The average Bonchev–Trinajstić information content (AvgIpc) is 3.21. The van der Waals surface area contributed by atoms with Crippen molar-refractivity contribution in [1.29, 1.82) is 0 Å². The summed E-state index contributed by atoms with van der Waals surface area (Å²) >= 11 is 0. The molecule has 0 aromatic heterocycles. The first-order valence-electron chi connectivity index (χ1n) is 19.5. The second-order valence-corrected chi connectivity index (χ2v) is 16.6.